The van der Waals surface area contributed by atoms with Gasteiger partial charge in [0.2, 0.25) is 5.91 Å². The number of aryl methyl sites for hydroxylation is 1. The highest BCUT2D eigenvalue weighted by atomic mass is 16.2. The van der Waals surface area contributed by atoms with Gasteiger partial charge in [0.25, 0.3) is 0 Å². The summed E-state index contributed by atoms with van der Waals surface area (Å²) in [4.78, 5) is 18.6. The SMILES string of the molecule is CNC(=O)[C@@]1(C)CCCN(Cc2nccn2C)C1. The average molecular weight is 250 g/mol. The number of nitrogens with one attached hydrogen (secondary N) is 1. The van der Waals surface area contributed by atoms with E-state index in [9.17, 15) is 4.79 Å². The minimum atomic E-state index is -0.266. The number of aromatic nitrogens is 2. The molecule has 1 fully saturated rings. The molecule has 0 unspecified atom stereocenters. The van der Waals surface area contributed by atoms with E-state index in [-0.39, 0.29) is 11.3 Å². The van der Waals surface area contributed by atoms with Crippen LogP contribution in [0.2, 0.25) is 0 Å². The molecular weight excluding hydrogens is 228 g/mol. The normalized spacial score (nSPS) is 25.1. The number of carbonyl (C=O) groups excluding carboxylic acids is 1. The third-order valence-corrected chi connectivity index (χ3v) is 3.84. The third kappa shape index (κ3) is 2.56. The number of rotatable bonds is 3. The van der Waals surface area contributed by atoms with E-state index < -0.39 is 0 Å². The molecule has 100 valence electrons. The summed E-state index contributed by atoms with van der Waals surface area (Å²) in [6.07, 6.45) is 5.80. The summed E-state index contributed by atoms with van der Waals surface area (Å²) in [5.41, 5.74) is -0.266. The van der Waals surface area contributed by atoms with Crippen LogP contribution < -0.4 is 5.32 Å². The molecule has 1 atom stereocenters. The predicted molar refractivity (Wildman–Crippen MR) is 69.9 cm³/mol. The number of amides is 1. The zero-order valence-corrected chi connectivity index (χ0v) is 11.4. The monoisotopic (exact) mass is 250 g/mol. The van der Waals surface area contributed by atoms with Crippen molar-refractivity contribution in [3.63, 3.8) is 0 Å². The van der Waals surface area contributed by atoms with Crippen molar-refractivity contribution in [3.8, 4) is 0 Å². The molecule has 0 aromatic carbocycles. The lowest BCUT2D eigenvalue weighted by atomic mass is 9.81. The van der Waals surface area contributed by atoms with E-state index >= 15 is 0 Å². The van der Waals surface area contributed by atoms with Gasteiger partial charge in [-0.2, -0.15) is 0 Å². The van der Waals surface area contributed by atoms with E-state index in [2.05, 4.69) is 22.1 Å². The highest BCUT2D eigenvalue weighted by Gasteiger charge is 2.37. The summed E-state index contributed by atoms with van der Waals surface area (Å²) in [7, 11) is 3.72. The topological polar surface area (TPSA) is 50.2 Å². The Morgan fingerprint density at radius 3 is 3.00 bits per heavy atom. The number of piperidine rings is 1. The van der Waals surface area contributed by atoms with Crippen LogP contribution in [0.15, 0.2) is 12.4 Å². The van der Waals surface area contributed by atoms with Crippen molar-refractivity contribution in [2.24, 2.45) is 12.5 Å². The molecule has 1 aliphatic heterocycles. The van der Waals surface area contributed by atoms with Crippen LogP contribution in [-0.4, -0.2) is 40.5 Å². The summed E-state index contributed by atoms with van der Waals surface area (Å²) in [5.74, 6) is 1.20. The second kappa shape index (κ2) is 5.10. The second-order valence-electron chi connectivity index (χ2n) is 5.41. The number of likely N-dealkylation sites (tertiary alicyclic amines) is 1. The van der Waals surface area contributed by atoms with Gasteiger partial charge in [0.05, 0.1) is 12.0 Å². The van der Waals surface area contributed by atoms with Crippen LogP contribution in [-0.2, 0) is 18.4 Å². The quantitative estimate of drug-likeness (QED) is 0.862. The van der Waals surface area contributed by atoms with Gasteiger partial charge in [0, 0.05) is 33.0 Å². The molecule has 1 aromatic heterocycles. The number of carbonyl (C=O) groups is 1. The number of imidazole rings is 1. The Balaban J connectivity index is 2.03. The standard InChI is InChI=1S/C13H22N4O/c1-13(12(18)14-2)5-4-7-17(10-13)9-11-15-6-8-16(11)3/h6,8H,4-5,7,9-10H2,1-3H3,(H,14,18)/t13-/m0/s1. The average Bonchev–Trinajstić information content (AvgIpc) is 2.74. The van der Waals surface area contributed by atoms with E-state index in [1.807, 2.05) is 24.0 Å². The Bertz CT molecular complexity index is 428. The molecule has 18 heavy (non-hydrogen) atoms. The van der Waals surface area contributed by atoms with Crippen molar-refractivity contribution in [2.75, 3.05) is 20.1 Å². The molecule has 0 saturated carbocycles. The fourth-order valence-electron chi connectivity index (χ4n) is 2.72. The zero-order valence-electron chi connectivity index (χ0n) is 11.4. The second-order valence-corrected chi connectivity index (χ2v) is 5.41. The minimum Gasteiger partial charge on any atom is -0.359 e. The van der Waals surface area contributed by atoms with Gasteiger partial charge in [-0.3, -0.25) is 9.69 Å². The summed E-state index contributed by atoms with van der Waals surface area (Å²) in [6.45, 7) is 4.71. The van der Waals surface area contributed by atoms with Gasteiger partial charge in [-0.25, -0.2) is 4.98 Å². The first kappa shape index (κ1) is 13.1. The lowest BCUT2D eigenvalue weighted by molar-refractivity contribution is -0.132. The van der Waals surface area contributed by atoms with Crippen LogP contribution in [0.4, 0.5) is 0 Å². The molecule has 0 aliphatic carbocycles. The molecule has 2 heterocycles. The van der Waals surface area contributed by atoms with Crippen LogP contribution in [0.5, 0.6) is 0 Å². The lowest BCUT2D eigenvalue weighted by Crippen LogP contribution is -2.49. The van der Waals surface area contributed by atoms with Crippen molar-refractivity contribution < 1.29 is 4.79 Å². The fraction of sp³-hybridized carbons (Fsp3) is 0.692. The van der Waals surface area contributed by atoms with Crippen molar-refractivity contribution in [1.82, 2.24) is 19.8 Å². The highest BCUT2D eigenvalue weighted by molar-refractivity contribution is 5.82. The molecule has 1 aliphatic rings. The largest absolute Gasteiger partial charge is 0.359 e. The van der Waals surface area contributed by atoms with E-state index in [4.69, 9.17) is 0 Å². The van der Waals surface area contributed by atoms with Gasteiger partial charge in [0.1, 0.15) is 5.82 Å². The van der Waals surface area contributed by atoms with Crippen molar-refractivity contribution in [1.29, 1.82) is 0 Å². The van der Waals surface area contributed by atoms with Crippen molar-refractivity contribution in [2.45, 2.75) is 26.3 Å². The Labute approximate surface area is 108 Å². The van der Waals surface area contributed by atoms with Crippen molar-refractivity contribution in [3.05, 3.63) is 18.2 Å². The summed E-state index contributed by atoms with van der Waals surface area (Å²) in [6, 6.07) is 0. The Hall–Kier alpha value is -1.36. The smallest absolute Gasteiger partial charge is 0.226 e. The van der Waals surface area contributed by atoms with Gasteiger partial charge in [-0.05, 0) is 26.3 Å². The van der Waals surface area contributed by atoms with E-state index in [0.717, 1.165) is 38.3 Å². The maximum Gasteiger partial charge on any atom is 0.226 e. The van der Waals surface area contributed by atoms with Gasteiger partial charge in [-0.1, -0.05) is 0 Å². The first-order chi connectivity index (χ1) is 8.55. The van der Waals surface area contributed by atoms with Crippen LogP contribution in [0.3, 0.4) is 0 Å². The molecular formula is C13H22N4O. The maximum atomic E-state index is 11.9. The first-order valence-corrected chi connectivity index (χ1v) is 6.46. The summed E-state index contributed by atoms with van der Waals surface area (Å²) >= 11 is 0. The minimum absolute atomic E-state index is 0.145. The number of nitrogens with zero attached hydrogens (tertiary/aromatic N) is 3. The van der Waals surface area contributed by atoms with E-state index in [1.165, 1.54) is 0 Å². The molecule has 5 heteroatoms. The molecule has 0 bridgehead atoms. The predicted octanol–water partition coefficient (Wildman–Crippen LogP) is 0.768. The molecule has 1 amide bonds. The van der Waals surface area contributed by atoms with Gasteiger partial charge >= 0.3 is 0 Å². The number of hydrogen-bond acceptors (Lipinski definition) is 3. The van der Waals surface area contributed by atoms with Crippen LogP contribution >= 0.6 is 0 Å². The van der Waals surface area contributed by atoms with Crippen LogP contribution in [0, 0.1) is 5.41 Å². The van der Waals surface area contributed by atoms with Gasteiger partial charge in [-0.15, -0.1) is 0 Å². The van der Waals surface area contributed by atoms with E-state index in [0.29, 0.717) is 0 Å². The number of hydrogen-bond donors (Lipinski definition) is 1. The summed E-state index contributed by atoms with van der Waals surface area (Å²) < 4.78 is 2.03. The van der Waals surface area contributed by atoms with Crippen LogP contribution in [0.1, 0.15) is 25.6 Å². The van der Waals surface area contributed by atoms with Gasteiger partial charge < -0.3 is 9.88 Å². The molecule has 5 nitrogen and oxygen atoms in total. The molecule has 1 aromatic rings. The first-order valence-electron chi connectivity index (χ1n) is 6.46. The Morgan fingerprint density at radius 1 is 1.61 bits per heavy atom. The zero-order chi connectivity index (χ0) is 13.2. The van der Waals surface area contributed by atoms with Gasteiger partial charge in [0.15, 0.2) is 0 Å². The van der Waals surface area contributed by atoms with E-state index in [1.54, 1.807) is 7.05 Å². The molecule has 1 saturated heterocycles. The van der Waals surface area contributed by atoms with Crippen LogP contribution in [0.25, 0.3) is 0 Å². The Kier molecular flexibility index (Phi) is 3.71. The Morgan fingerprint density at radius 2 is 2.39 bits per heavy atom. The molecule has 0 spiro atoms. The maximum absolute atomic E-state index is 11.9. The lowest BCUT2D eigenvalue weighted by Gasteiger charge is -2.38. The molecule has 0 radical (unpaired) electrons. The molecule has 1 N–H and O–H groups in total. The summed E-state index contributed by atoms with van der Waals surface area (Å²) in [5, 5.41) is 2.78. The highest BCUT2D eigenvalue weighted by Crippen LogP contribution is 2.30. The third-order valence-electron chi connectivity index (χ3n) is 3.84. The fourth-order valence-corrected chi connectivity index (χ4v) is 2.72. The van der Waals surface area contributed by atoms with Crippen molar-refractivity contribution >= 4 is 5.91 Å². The molecule has 2 rings (SSSR count).